The average molecular weight is 241 g/mol. The van der Waals surface area contributed by atoms with Gasteiger partial charge in [-0.15, -0.1) is 11.8 Å². The normalized spacial score (nSPS) is 12.4. The number of aliphatic hydroxyl groups excluding tert-OH is 1. The van der Waals surface area contributed by atoms with E-state index in [0.29, 0.717) is 6.42 Å². The topological polar surface area (TPSA) is 63.4 Å². The van der Waals surface area contributed by atoms with Gasteiger partial charge in [0.1, 0.15) is 0 Å². The second kappa shape index (κ2) is 5.86. The number of nitro benzene ring substituents is 1. The van der Waals surface area contributed by atoms with E-state index in [4.69, 9.17) is 5.11 Å². The Bertz CT molecular complexity index is 381. The first-order chi connectivity index (χ1) is 7.54. The minimum Gasteiger partial charge on any atom is -0.396 e. The Kier molecular flexibility index (Phi) is 4.76. The minimum atomic E-state index is -0.389. The average Bonchev–Trinajstić information content (AvgIpc) is 2.21. The van der Waals surface area contributed by atoms with E-state index in [1.807, 2.05) is 13.8 Å². The summed E-state index contributed by atoms with van der Waals surface area (Å²) in [6.07, 6.45) is 0.687. The highest BCUT2D eigenvalue weighted by molar-refractivity contribution is 8.00. The lowest BCUT2D eigenvalue weighted by Crippen LogP contribution is -2.00. The fraction of sp³-hybridized carbons (Fsp3) is 0.455. The number of hydrogen-bond donors (Lipinski definition) is 1. The van der Waals surface area contributed by atoms with Crippen molar-refractivity contribution >= 4 is 17.4 Å². The van der Waals surface area contributed by atoms with Crippen molar-refractivity contribution in [2.24, 2.45) is 0 Å². The van der Waals surface area contributed by atoms with Gasteiger partial charge in [0, 0.05) is 28.9 Å². The summed E-state index contributed by atoms with van der Waals surface area (Å²) in [6, 6.07) is 4.86. The van der Waals surface area contributed by atoms with Crippen molar-refractivity contribution < 1.29 is 10.0 Å². The second-order valence-corrected chi connectivity index (χ2v) is 5.13. The molecule has 1 N–H and O–H groups in total. The van der Waals surface area contributed by atoms with Crippen LogP contribution in [0, 0.1) is 17.0 Å². The number of hydrogen-bond acceptors (Lipinski definition) is 4. The third-order valence-electron chi connectivity index (χ3n) is 2.25. The highest BCUT2D eigenvalue weighted by Crippen LogP contribution is 2.30. The first kappa shape index (κ1) is 13.0. The maximum absolute atomic E-state index is 10.6. The molecule has 0 amide bonds. The lowest BCUT2D eigenvalue weighted by molar-refractivity contribution is -0.385. The summed E-state index contributed by atoms with van der Waals surface area (Å²) >= 11 is 1.56. The van der Waals surface area contributed by atoms with Gasteiger partial charge in [0.15, 0.2) is 0 Å². The predicted octanol–water partition coefficient (Wildman–Crippen LogP) is 2.77. The van der Waals surface area contributed by atoms with E-state index in [1.54, 1.807) is 23.9 Å². The maximum Gasteiger partial charge on any atom is 0.270 e. The van der Waals surface area contributed by atoms with E-state index in [9.17, 15) is 10.1 Å². The van der Waals surface area contributed by atoms with Gasteiger partial charge in [-0.1, -0.05) is 13.0 Å². The summed E-state index contributed by atoms with van der Waals surface area (Å²) in [5.41, 5.74) is 1.14. The van der Waals surface area contributed by atoms with Crippen molar-refractivity contribution in [1.29, 1.82) is 0 Å². The molecule has 0 saturated heterocycles. The van der Waals surface area contributed by atoms with Crippen LogP contribution in [0.3, 0.4) is 0 Å². The van der Waals surface area contributed by atoms with Gasteiger partial charge in [-0.05, 0) is 18.9 Å². The molecular weight excluding hydrogens is 226 g/mol. The van der Waals surface area contributed by atoms with Crippen LogP contribution in [0.1, 0.15) is 18.9 Å². The number of aryl methyl sites for hydroxylation is 1. The third kappa shape index (κ3) is 3.50. The quantitative estimate of drug-likeness (QED) is 0.489. The Morgan fingerprint density at radius 2 is 2.25 bits per heavy atom. The SMILES string of the molecule is Cc1ccc([N+](=O)[O-])cc1SC(C)CCO. The summed E-state index contributed by atoms with van der Waals surface area (Å²) < 4.78 is 0. The van der Waals surface area contributed by atoms with E-state index in [-0.39, 0.29) is 22.5 Å². The van der Waals surface area contributed by atoms with Crippen LogP contribution >= 0.6 is 11.8 Å². The van der Waals surface area contributed by atoms with Gasteiger partial charge >= 0.3 is 0 Å². The van der Waals surface area contributed by atoms with Gasteiger partial charge < -0.3 is 5.11 Å². The van der Waals surface area contributed by atoms with Gasteiger partial charge in [-0.2, -0.15) is 0 Å². The van der Waals surface area contributed by atoms with Gasteiger partial charge in [-0.25, -0.2) is 0 Å². The molecule has 0 radical (unpaired) electrons. The van der Waals surface area contributed by atoms with Gasteiger partial charge in [-0.3, -0.25) is 10.1 Å². The Labute approximate surface area is 98.8 Å². The molecule has 0 aliphatic carbocycles. The molecule has 1 aromatic carbocycles. The molecule has 0 aliphatic heterocycles. The van der Waals surface area contributed by atoms with Gasteiger partial charge in [0.05, 0.1) is 4.92 Å². The van der Waals surface area contributed by atoms with E-state index in [2.05, 4.69) is 0 Å². The summed E-state index contributed by atoms with van der Waals surface area (Å²) in [6.45, 7) is 4.07. The molecule has 1 rings (SSSR count). The highest BCUT2D eigenvalue weighted by Gasteiger charge is 2.11. The number of thioether (sulfide) groups is 1. The number of nitro groups is 1. The molecule has 1 aromatic rings. The van der Waals surface area contributed by atoms with Crippen molar-refractivity contribution in [2.45, 2.75) is 30.4 Å². The van der Waals surface area contributed by atoms with E-state index < -0.39 is 0 Å². The largest absolute Gasteiger partial charge is 0.396 e. The monoisotopic (exact) mass is 241 g/mol. The Balaban J connectivity index is 2.85. The van der Waals surface area contributed by atoms with Crippen molar-refractivity contribution in [3.63, 3.8) is 0 Å². The van der Waals surface area contributed by atoms with E-state index >= 15 is 0 Å². The molecule has 1 atom stereocenters. The number of benzene rings is 1. The molecule has 0 spiro atoms. The van der Waals surface area contributed by atoms with Crippen molar-refractivity contribution in [3.8, 4) is 0 Å². The summed E-state index contributed by atoms with van der Waals surface area (Å²) in [5.74, 6) is 0. The molecule has 5 heteroatoms. The first-order valence-corrected chi connectivity index (χ1v) is 5.95. The van der Waals surface area contributed by atoms with E-state index in [0.717, 1.165) is 10.5 Å². The lowest BCUT2D eigenvalue weighted by Gasteiger charge is -2.11. The molecule has 1 unspecified atom stereocenters. The Morgan fingerprint density at radius 3 is 2.81 bits per heavy atom. The molecule has 0 aromatic heterocycles. The molecule has 0 saturated carbocycles. The van der Waals surface area contributed by atoms with Crippen LogP contribution in [0.4, 0.5) is 5.69 Å². The molecule has 16 heavy (non-hydrogen) atoms. The lowest BCUT2D eigenvalue weighted by atomic mass is 10.2. The van der Waals surface area contributed by atoms with Crippen LogP contribution in [0.5, 0.6) is 0 Å². The van der Waals surface area contributed by atoms with Crippen molar-refractivity contribution in [1.82, 2.24) is 0 Å². The molecule has 0 fully saturated rings. The zero-order chi connectivity index (χ0) is 12.1. The predicted molar refractivity (Wildman–Crippen MR) is 64.9 cm³/mol. The van der Waals surface area contributed by atoms with Gasteiger partial charge in [0.25, 0.3) is 5.69 Å². The molecular formula is C11H15NO3S. The van der Waals surface area contributed by atoms with Crippen LogP contribution in [0.2, 0.25) is 0 Å². The van der Waals surface area contributed by atoms with E-state index in [1.165, 1.54) is 6.07 Å². The van der Waals surface area contributed by atoms with Crippen molar-refractivity contribution in [3.05, 3.63) is 33.9 Å². The minimum absolute atomic E-state index is 0.115. The Morgan fingerprint density at radius 1 is 1.56 bits per heavy atom. The summed E-state index contributed by atoms with van der Waals surface area (Å²) in [5, 5.41) is 19.7. The van der Waals surface area contributed by atoms with Crippen LogP contribution in [-0.4, -0.2) is 21.9 Å². The molecule has 0 bridgehead atoms. The second-order valence-electron chi connectivity index (χ2n) is 3.65. The zero-order valence-electron chi connectivity index (χ0n) is 9.34. The molecule has 88 valence electrons. The first-order valence-electron chi connectivity index (χ1n) is 5.07. The Hall–Kier alpha value is -1.07. The summed E-state index contributed by atoms with van der Waals surface area (Å²) in [4.78, 5) is 11.2. The fourth-order valence-electron chi connectivity index (χ4n) is 1.29. The van der Waals surface area contributed by atoms with Crippen LogP contribution in [0.15, 0.2) is 23.1 Å². The number of aliphatic hydroxyl groups is 1. The highest BCUT2D eigenvalue weighted by atomic mass is 32.2. The van der Waals surface area contributed by atoms with Crippen LogP contribution < -0.4 is 0 Å². The molecule has 0 heterocycles. The van der Waals surface area contributed by atoms with Gasteiger partial charge in [0.2, 0.25) is 0 Å². The number of nitrogens with zero attached hydrogens (tertiary/aromatic N) is 1. The number of rotatable bonds is 5. The smallest absolute Gasteiger partial charge is 0.270 e. The molecule has 0 aliphatic rings. The maximum atomic E-state index is 10.6. The van der Waals surface area contributed by atoms with Crippen LogP contribution in [-0.2, 0) is 0 Å². The summed E-state index contributed by atoms with van der Waals surface area (Å²) in [7, 11) is 0. The number of non-ortho nitro benzene ring substituents is 1. The van der Waals surface area contributed by atoms with Crippen molar-refractivity contribution in [2.75, 3.05) is 6.61 Å². The standard InChI is InChI=1S/C11H15NO3S/c1-8-3-4-10(12(14)15)7-11(8)16-9(2)5-6-13/h3-4,7,9,13H,5-6H2,1-2H3. The fourth-order valence-corrected chi connectivity index (χ4v) is 2.39. The van der Waals surface area contributed by atoms with Crippen LogP contribution in [0.25, 0.3) is 0 Å². The third-order valence-corrected chi connectivity index (χ3v) is 3.58. The molecule has 4 nitrogen and oxygen atoms in total. The zero-order valence-corrected chi connectivity index (χ0v) is 10.2.